The molecule has 0 aliphatic heterocycles. The summed E-state index contributed by atoms with van der Waals surface area (Å²) >= 11 is 3.29. The maximum Gasteiger partial charge on any atom is 0.246 e. The van der Waals surface area contributed by atoms with Crippen molar-refractivity contribution < 1.29 is 13.2 Å². The maximum absolute atomic E-state index is 12.5. The molecule has 0 N–H and O–H groups in total. The van der Waals surface area contributed by atoms with Crippen molar-refractivity contribution >= 4 is 26.0 Å². The zero-order chi connectivity index (χ0) is 14.6. The van der Waals surface area contributed by atoms with Gasteiger partial charge in [0.05, 0.1) is 7.11 Å². The Hall–Kier alpha value is -0.590. The van der Waals surface area contributed by atoms with E-state index >= 15 is 0 Å². The molecule has 0 aromatic heterocycles. The quantitative estimate of drug-likeness (QED) is 0.792. The van der Waals surface area contributed by atoms with Crippen LogP contribution >= 0.6 is 15.9 Å². The molecule has 0 saturated carbocycles. The van der Waals surface area contributed by atoms with Crippen molar-refractivity contribution in [3.63, 3.8) is 0 Å². The van der Waals surface area contributed by atoms with Gasteiger partial charge in [-0.15, -0.1) is 0 Å². The molecular formula is C13H20BrNO3S. The number of nitrogens with zero attached hydrogens (tertiary/aromatic N) is 1. The summed E-state index contributed by atoms with van der Waals surface area (Å²) < 4.78 is 32.3. The van der Waals surface area contributed by atoms with Crippen LogP contribution in [0.1, 0.15) is 20.3 Å². The fourth-order valence-corrected chi connectivity index (χ4v) is 3.67. The average Bonchev–Trinajstić information content (AvgIpc) is 2.38. The highest BCUT2D eigenvalue weighted by atomic mass is 79.9. The Morgan fingerprint density at radius 3 is 2.58 bits per heavy atom. The number of benzene rings is 1. The summed E-state index contributed by atoms with van der Waals surface area (Å²) in [6.45, 7) is 4.57. The van der Waals surface area contributed by atoms with E-state index in [2.05, 4.69) is 15.9 Å². The second-order valence-corrected chi connectivity index (χ2v) is 7.52. The van der Waals surface area contributed by atoms with Crippen molar-refractivity contribution in [2.45, 2.75) is 25.2 Å². The summed E-state index contributed by atoms with van der Waals surface area (Å²) in [4.78, 5) is 0.190. The third-order valence-corrected chi connectivity index (χ3v) is 5.42. The maximum atomic E-state index is 12.5. The van der Waals surface area contributed by atoms with Gasteiger partial charge in [0.15, 0.2) is 0 Å². The molecule has 108 valence electrons. The van der Waals surface area contributed by atoms with E-state index in [0.29, 0.717) is 22.7 Å². The molecule has 0 aliphatic rings. The molecule has 1 atom stereocenters. The molecule has 4 nitrogen and oxygen atoms in total. The van der Waals surface area contributed by atoms with Gasteiger partial charge in [0.25, 0.3) is 0 Å². The summed E-state index contributed by atoms with van der Waals surface area (Å²) in [5.74, 6) is 0.678. The van der Waals surface area contributed by atoms with Crippen LogP contribution in [0.2, 0.25) is 0 Å². The molecule has 1 aromatic rings. The van der Waals surface area contributed by atoms with Gasteiger partial charge in [-0.1, -0.05) is 36.2 Å². The van der Waals surface area contributed by atoms with Gasteiger partial charge in [0.2, 0.25) is 10.0 Å². The summed E-state index contributed by atoms with van der Waals surface area (Å²) in [5, 5.41) is 0. The van der Waals surface area contributed by atoms with Crippen LogP contribution in [0.15, 0.2) is 27.6 Å². The van der Waals surface area contributed by atoms with Gasteiger partial charge in [-0.05, 0) is 24.1 Å². The van der Waals surface area contributed by atoms with Crippen LogP contribution in [0.25, 0.3) is 0 Å². The van der Waals surface area contributed by atoms with Gasteiger partial charge in [0, 0.05) is 18.1 Å². The summed E-state index contributed by atoms with van der Waals surface area (Å²) in [6.07, 6.45) is 0.940. The Kier molecular flexibility index (Phi) is 5.82. The first kappa shape index (κ1) is 16.5. The summed E-state index contributed by atoms with van der Waals surface area (Å²) in [5.41, 5.74) is 0. The molecule has 1 rings (SSSR count). The van der Waals surface area contributed by atoms with Crippen LogP contribution in [0.3, 0.4) is 0 Å². The second-order valence-electron chi connectivity index (χ2n) is 4.59. The normalized spacial score (nSPS) is 13.6. The number of sulfonamides is 1. The molecule has 0 aliphatic carbocycles. The van der Waals surface area contributed by atoms with Gasteiger partial charge in [-0.2, -0.15) is 0 Å². The number of hydrogen-bond acceptors (Lipinski definition) is 3. The predicted octanol–water partition coefficient (Wildman–Crippen LogP) is 3.12. The zero-order valence-corrected chi connectivity index (χ0v) is 14.1. The van der Waals surface area contributed by atoms with Crippen molar-refractivity contribution in [1.82, 2.24) is 4.31 Å². The van der Waals surface area contributed by atoms with Crippen LogP contribution in [-0.2, 0) is 10.0 Å². The van der Waals surface area contributed by atoms with Gasteiger partial charge >= 0.3 is 0 Å². The number of halogens is 1. The van der Waals surface area contributed by atoms with E-state index in [1.807, 2.05) is 13.8 Å². The summed E-state index contributed by atoms with van der Waals surface area (Å²) in [6, 6.07) is 4.97. The molecule has 1 unspecified atom stereocenters. The van der Waals surface area contributed by atoms with E-state index < -0.39 is 10.0 Å². The molecule has 1 aromatic carbocycles. The van der Waals surface area contributed by atoms with Crippen molar-refractivity contribution in [2.75, 3.05) is 20.7 Å². The van der Waals surface area contributed by atoms with Crippen molar-refractivity contribution in [1.29, 1.82) is 0 Å². The lowest BCUT2D eigenvalue weighted by molar-refractivity contribution is 0.381. The standard InChI is InChI=1S/C13H20BrNO3S/c1-5-10(2)9-15(3)19(16,17)13-8-11(14)6-7-12(13)18-4/h6-8,10H,5,9H2,1-4H3. The first-order chi connectivity index (χ1) is 8.82. The third-order valence-electron chi connectivity index (χ3n) is 3.08. The lowest BCUT2D eigenvalue weighted by Gasteiger charge is -2.21. The molecular weight excluding hydrogens is 330 g/mol. The summed E-state index contributed by atoms with van der Waals surface area (Å²) in [7, 11) is -0.463. The van der Waals surface area contributed by atoms with Gasteiger partial charge in [-0.3, -0.25) is 0 Å². The number of hydrogen-bond donors (Lipinski definition) is 0. The van der Waals surface area contributed by atoms with Crippen LogP contribution in [0.4, 0.5) is 0 Å². The monoisotopic (exact) mass is 349 g/mol. The van der Waals surface area contributed by atoms with Gasteiger partial charge in [-0.25, -0.2) is 12.7 Å². The number of rotatable bonds is 6. The van der Waals surface area contributed by atoms with Gasteiger partial charge < -0.3 is 4.74 Å². The van der Waals surface area contributed by atoms with Crippen LogP contribution < -0.4 is 4.74 Å². The Bertz CT molecular complexity index is 531. The minimum Gasteiger partial charge on any atom is -0.495 e. The van der Waals surface area contributed by atoms with Crippen LogP contribution in [-0.4, -0.2) is 33.4 Å². The van der Waals surface area contributed by atoms with Crippen LogP contribution in [0, 0.1) is 5.92 Å². The Labute approximate surface area is 123 Å². The number of ether oxygens (including phenoxy) is 1. The minimum absolute atomic E-state index is 0.190. The molecule has 0 saturated heterocycles. The van der Waals surface area contributed by atoms with E-state index in [1.165, 1.54) is 11.4 Å². The molecule has 0 bridgehead atoms. The molecule has 0 spiro atoms. The SMILES string of the molecule is CCC(C)CN(C)S(=O)(=O)c1cc(Br)ccc1OC. The van der Waals surface area contributed by atoms with E-state index in [-0.39, 0.29) is 4.90 Å². The third kappa shape index (κ3) is 3.94. The second kappa shape index (κ2) is 6.72. The van der Waals surface area contributed by atoms with E-state index in [0.717, 1.165) is 6.42 Å². The first-order valence-corrected chi connectivity index (χ1v) is 8.36. The molecule has 0 radical (unpaired) electrons. The first-order valence-electron chi connectivity index (χ1n) is 6.12. The smallest absolute Gasteiger partial charge is 0.246 e. The fraction of sp³-hybridized carbons (Fsp3) is 0.538. The van der Waals surface area contributed by atoms with E-state index in [9.17, 15) is 8.42 Å². The highest BCUT2D eigenvalue weighted by Gasteiger charge is 2.25. The van der Waals surface area contributed by atoms with E-state index in [4.69, 9.17) is 4.74 Å². The van der Waals surface area contributed by atoms with Crippen molar-refractivity contribution in [3.8, 4) is 5.75 Å². The molecule has 0 heterocycles. The van der Waals surface area contributed by atoms with Crippen molar-refractivity contribution in [2.24, 2.45) is 5.92 Å². The molecule has 0 fully saturated rings. The molecule has 0 amide bonds. The molecule has 19 heavy (non-hydrogen) atoms. The Balaban J connectivity index is 3.16. The average molecular weight is 350 g/mol. The fourth-order valence-electron chi connectivity index (χ4n) is 1.69. The topological polar surface area (TPSA) is 46.6 Å². The molecule has 6 heteroatoms. The highest BCUT2D eigenvalue weighted by Crippen LogP contribution is 2.29. The largest absolute Gasteiger partial charge is 0.495 e. The highest BCUT2D eigenvalue weighted by molar-refractivity contribution is 9.10. The predicted molar refractivity (Wildman–Crippen MR) is 80.0 cm³/mol. The van der Waals surface area contributed by atoms with Gasteiger partial charge in [0.1, 0.15) is 10.6 Å². The van der Waals surface area contributed by atoms with Crippen LogP contribution in [0.5, 0.6) is 5.75 Å². The minimum atomic E-state index is -3.53. The Morgan fingerprint density at radius 1 is 1.42 bits per heavy atom. The van der Waals surface area contributed by atoms with E-state index in [1.54, 1.807) is 25.2 Å². The lowest BCUT2D eigenvalue weighted by Crippen LogP contribution is -2.31. The number of methoxy groups -OCH3 is 1. The van der Waals surface area contributed by atoms with Crippen molar-refractivity contribution in [3.05, 3.63) is 22.7 Å². The lowest BCUT2D eigenvalue weighted by atomic mass is 10.1. The zero-order valence-electron chi connectivity index (χ0n) is 11.7. The Morgan fingerprint density at radius 2 is 2.05 bits per heavy atom.